The van der Waals surface area contributed by atoms with Gasteiger partial charge in [-0.05, 0) is 19.1 Å². The van der Waals surface area contributed by atoms with Crippen molar-refractivity contribution in [1.82, 2.24) is 0 Å². The minimum Gasteiger partial charge on any atom is -0.494 e. The average Bonchev–Trinajstić information content (AvgIpc) is 2.17. The summed E-state index contributed by atoms with van der Waals surface area (Å²) >= 11 is 0. The van der Waals surface area contributed by atoms with Gasteiger partial charge >= 0.3 is 7.12 Å². The summed E-state index contributed by atoms with van der Waals surface area (Å²) in [5.41, 5.74) is 0.698. The molecule has 0 heterocycles. The normalized spacial score (nSPS) is 9.29. The van der Waals surface area contributed by atoms with E-state index in [0.717, 1.165) is 0 Å². The van der Waals surface area contributed by atoms with E-state index in [4.69, 9.17) is 20.0 Å². The number of hydrogen-bond acceptors (Lipinski definition) is 4. The SMILES string of the molecule is CCOc1cc(C#N)ccc1B(O)O. The fraction of sp³-hybridized carbons (Fsp3) is 0.222. The minimum atomic E-state index is -1.58. The van der Waals surface area contributed by atoms with E-state index in [9.17, 15) is 0 Å². The Morgan fingerprint density at radius 3 is 2.71 bits per heavy atom. The lowest BCUT2D eigenvalue weighted by Crippen LogP contribution is -2.31. The van der Waals surface area contributed by atoms with Crippen LogP contribution in [-0.4, -0.2) is 23.8 Å². The van der Waals surface area contributed by atoms with E-state index < -0.39 is 7.12 Å². The van der Waals surface area contributed by atoms with Gasteiger partial charge in [0, 0.05) is 5.46 Å². The Labute approximate surface area is 82.5 Å². The van der Waals surface area contributed by atoms with Gasteiger partial charge in [0.05, 0.1) is 18.2 Å². The van der Waals surface area contributed by atoms with Crippen LogP contribution in [0.25, 0.3) is 0 Å². The predicted octanol–water partition coefficient (Wildman–Crippen LogP) is -0.363. The molecule has 0 spiro atoms. The van der Waals surface area contributed by atoms with E-state index in [1.807, 2.05) is 6.07 Å². The van der Waals surface area contributed by atoms with Crippen LogP contribution in [0.15, 0.2) is 18.2 Å². The lowest BCUT2D eigenvalue weighted by Gasteiger charge is -2.09. The quantitative estimate of drug-likeness (QED) is 0.639. The highest BCUT2D eigenvalue weighted by molar-refractivity contribution is 6.59. The van der Waals surface area contributed by atoms with Gasteiger partial charge in [-0.15, -0.1) is 0 Å². The molecule has 1 rings (SSSR count). The van der Waals surface area contributed by atoms with Gasteiger partial charge in [-0.1, -0.05) is 6.07 Å². The van der Waals surface area contributed by atoms with Crippen LogP contribution >= 0.6 is 0 Å². The Balaban J connectivity index is 3.11. The second kappa shape index (κ2) is 4.65. The number of hydrogen-bond donors (Lipinski definition) is 2. The molecule has 2 N–H and O–H groups in total. The van der Waals surface area contributed by atoms with Gasteiger partial charge in [-0.25, -0.2) is 0 Å². The molecule has 4 nitrogen and oxygen atoms in total. The molecular weight excluding hydrogens is 181 g/mol. The third-order valence-electron chi connectivity index (χ3n) is 1.72. The van der Waals surface area contributed by atoms with Crippen LogP contribution in [0, 0.1) is 11.3 Å². The molecule has 14 heavy (non-hydrogen) atoms. The Kier molecular flexibility index (Phi) is 3.51. The fourth-order valence-electron chi connectivity index (χ4n) is 1.10. The van der Waals surface area contributed by atoms with E-state index in [1.54, 1.807) is 6.92 Å². The Bertz CT molecular complexity index is 360. The lowest BCUT2D eigenvalue weighted by atomic mass is 9.79. The molecule has 1 aromatic carbocycles. The fourth-order valence-corrected chi connectivity index (χ4v) is 1.10. The molecule has 0 saturated heterocycles. The minimum absolute atomic E-state index is 0.269. The highest BCUT2D eigenvalue weighted by Crippen LogP contribution is 2.10. The summed E-state index contributed by atoms with van der Waals surface area (Å²) in [4.78, 5) is 0. The van der Waals surface area contributed by atoms with Gasteiger partial charge in [-0.2, -0.15) is 5.26 Å². The van der Waals surface area contributed by atoms with E-state index in [1.165, 1.54) is 18.2 Å². The van der Waals surface area contributed by atoms with Crippen molar-refractivity contribution >= 4 is 12.6 Å². The second-order valence-electron chi connectivity index (χ2n) is 2.67. The first-order chi connectivity index (χ1) is 6.69. The van der Waals surface area contributed by atoms with E-state index in [0.29, 0.717) is 17.9 Å². The molecule has 72 valence electrons. The topological polar surface area (TPSA) is 73.5 Å². The molecule has 0 aromatic heterocycles. The van der Waals surface area contributed by atoms with Crippen LogP contribution in [0.4, 0.5) is 0 Å². The van der Waals surface area contributed by atoms with Crippen molar-refractivity contribution in [3.63, 3.8) is 0 Å². The van der Waals surface area contributed by atoms with Crippen LogP contribution in [0.1, 0.15) is 12.5 Å². The highest BCUT2D eigenvalue weighted by Gasteiger charge is 2.17. The third kappa shape index (κ3) is 2.25. The van der Waals surface area contributed by atoms with Gasteiger partial charge in [0.15, 0.2) is 0 Å². The highest BCUT2D eigenvalue weighted by atomic mass is 16.5. The van der Waals surface area contributed by atoms with Crippen molar-refractivity contribution in [3.8, 4) is 11.8 Å². The number of nitriles is 1. The molecule has 1 aromatic rings. The van der Waals surface area contributed by atoms with E-state index in [2.05, 4.69) is 0 Å². The summed E-state index contributed by atoms with van der Waals surface area (Å²) in [5, 5.41) is 26.6. The second-order valence-corrected chi connectivity index (χ2v) is 2.67. The summed E-state index contributed by atoms with van der Waals surface area (Å²) < 4.78 is 5.17. The zero-order chi connectivity index (χ0) is 10.6. The monoisotopic (exact) mass is 191 g/mol. The Hall–Kier alpha value is -1.51. The summed E-state index contributed by atoms with van der Waals surface area (Å²) in [6, 6.07) is 6.41. The van der Waals surface area contributed by atoms with Gasteiger partial charge < -0.3 is 14.8 Å². The summed E-state index contributed by atoms with van der Waals surface area (Å²) in [6.45, 7) is 2.20. The van der Waals surface area contributed by atoms with Crippen LogP contribution < -0.4 is 10.2 Å². The average molecular weight is 191 g/mol. The van der Waals surface area contributed by atoms with Gasteiger partial charge in [0.2, 0.25) is 0 Å². The Morgan fingerprint density at radius 2 is 2.21 bits per heavy atom. The predicted molar refractivity (Wildman–Crippen MR) is 52.2 cm³/mol. The first kappa shape index (κ1) is 10.6. The number of benzene rings is 1. The summed E-state index contributed by atoms with van der Waals surface area (Å²) in [5.74, 6) is 0.335. The molecule has 5 heteroatoms. The van der Waals surface area contributed by atoms with E-state index >= 15 is 0 Å². The van der Waals surface area contributed by atoms with Crippen molar-refractivity contribution < 1.29 is 14.8 Å². The van der Waals surface area contributed by atoms with Gasteiger partial charge in [0.25, 0.3) is 0 Å². The van der Waals surface area contributed by atoms with Crippen molar-refractivity contribution in [2.75, 3.05) is 6.61 Å². The molecule has 0 saturated carbocycles. The van der Waals surface area contributed by atoms with Gasteiger partial charge in [-0.3, -0.25) is 0 Å². The zero-order valence-electron chi connectivity index (χ0n) is 7.77. The van der Waals surface area contributed by atoms with E-state index in [-0.39, 0.29) is 5.46 Å². The van der Waals surface area contributed by atoms with Crippen molar-refractivity contribution in [1.29, 1.82) is 5.26 Å². The number of nitrogens with zero attached hydrogens (tertiary/aromatic N) is 1. The molecule has 0 aliphatic rings. The van der Waals surface area contributed by atoms with Crippen LogP contribution in [0.5, 0.6) is 5.75 Å². The third-order valence-corrected chi connectivity index (χ3v) is 1.72. The zero-order valence-corrected chi connectivity index (χ0v) is 7.77. The first-order valence-corrected chi connectivity index (χ1v) is 4.22. The molecule has 0 aliphatic carbocycles. The molecule has 0 atom stereocenters. The van der Waals surface area contributed by atoms with Crippen molar-refractivity contribution in [2.24, 2.45) is 0 Å². The van der Waals surface area contributed by atoms with Crippen LogP contribution in [0.3, 0.4) is 0 Å². The standard InChI is InChI=1S/C9H10BNO3/c1-2-14-9-5-7(6-11)3-4-8(9)10(12)13/h3-5,12-13H,2H2,1H3. The molecule has 0 radical (unpaired) electrons. The van der Waals surface area contributed by atoms with Crippen molar-refractivity contribution in [2.45, 2.75) is 6.92 Å². The van der Waals surface area contributed by atoms with Gasteiger partial charge in [0.1, 0.15) is 5.75 Å². The maximum absolute atomic E-state index is 8.99. The first-order valence-electron chi connectivity index (χ1n) is 4.22. The molecule has 0 bridgehead atoms. The molecule has 0 fully saturated rings. The van der Waals surface area contributed by atoms with Crippen LogP contribution in [-0.2, 0) is 0 Å². The molecular formula is C9H10BNO3. The smallest absolute Gasteiger partial charge is 0.492 e. The lowest BCUT2D eigenvalue weighted by molar-refractivity contribution is 0.340. The largest absolute Gasteiger partial charge is 0.494 e. The van der Waals surface area contributed by atoms with Crippen LogP contribution in [0.2, 0.25) is 0 Å². The summed E-state index contributed by atoms with van der Waals surface area (Å²) in [7, 11) is -1.58. The Morgan fingerprint density at radius 1 is 1.50 bits per heavy atom. The molecule has 0 amide bonds. The maximum Gasteiger partial charge on any atom is 0.492 e. The number of ether oxygens (including phenoxy) is 1. The number of rotatable bonds is 3. The molecule has 0 unspecified atom stereocenters. The van der Waals surface area contributed by atoms with Crippen molar-refractivity contribution in [3.05, 3.63) is 23.8 Å². The maximum atomic E-state index is 8.99. The summed E-state index contributed by atoms with van der Waals surface area (Å²) in [6.07, 6.45) is 0. The molecule has 0 aliphatic heterocycles.